The minimum absolute atomic E-state index is 0.0497. The molecule has 39 heavy (non-hydrogen) atoms. The van der Waals surface area contributed by atoms with Crippen molar-refractivity contribution >= 4 is 40.8 Å². The van der Waals surface area contributed by atoms with Gasteiger partial charge in [-0.05, 0) is 55.0 Å². The van der Waals surface area contributed by atoms with Gasteiger partial charge < -0.3 is 19.1 Å². The minimum Gasteiger partial charge on any atom is -0.459 e. The molecule has 1 atom stereocenters. The molecule has 2 amide bonds. The fourth-order valence-corrected chi connectivity index (χ4v) is 5.11. The summed E-state index contributed by atoms with van der Waals surface area (Å²) in [4.78, 5) is 32.1. The largest absolute Gasteiger partial charge is 0.459 e. The Morgan fingerprint density at radius 3 is 2.36 bits per heavy atom. The number of halogens is 2. The van der Waals surface area contributed by atoms with Gasteiger partial charge in [-0.25, -0.2) is 0 Å². The lowest BCUT2D eigenvalue weighted by Gasteiger charge is -2.37. The van der Waals surface area contributed by atoms with Crippen LogP contribution in [0.15, 0.2) is 83.5 Å². The number of hydrogen-bond acceptors (Lipinski definition) is 6. The molecule has 0 radical (unpaired) electrons. The van der Waals surface area contributed by atoms with Crippen LogP contribution in [0.25, 0.3) is 11.3 Å². The smallest absolute Gasteiger partial charge is 0.290 e. The quantitative estimate of drug-likeness (QED) is 0.291. The Bertz CT molecular complexity index is 1420. The molecule has 2 aromatic heterocycles. The highest BCUT2D eigenvalue weighted by Crippen LogP contribution is 2.29. The van der Waals surface area contributed by atoms with Crippen LogP contribution >= 0.6 is 23.2 Å². The van der Waals surface area contributed by atoms with E-state index in [4.69, 9.17) is 27.6 Å². The summed E-state index contributed by atoms with van der Waals surface area (Å²) < 4.78 is 5.35. The van der Waals surface area contributed by atoms with Crippen LogP contribution in [-0.4, -0.2) is 64.5 Å². The molecule has 200 valence electrons. The van der Waals surface area contributed by atoms with Gasteiger partial charge in [-0.15, -0.1) is 10.2 Å². The van der Waals surface area contributed by atoms with Crippen LogP contribution in [0.4, 0.5) is 5.82 Å². The third kappa shape index (κ3) is 6.08. The van der Waals surface area contributed by atoms with Crippen molar-refractivity contribution in [1.82, 2.24) is 20.0 Å². The van der Waals surface area contributed by atoms with E-state index in [2.05, 4.69) is 15.1 Å². The number of carbonyl (C=O) groups excluding carboxylic acids is 2. The number of anilines is 1. The van der Waals surface area contributed by atoms with E-state index in [1.165, 1.54) is 6.26 Å². The van der Waals surface area contributed by atoms with E-state index in [1.54, 1.807) is 34.1 Å². The third-order valence-electron chi connectivity index (χ3n) is 6.86. The predicted octanol–water partition coefficient (Wildman–Crippen LogP) is 5.60. The molecular weight excluding hydrogens is 537 g/mol. The summed E-state index contributed by atoms with van der Waals surface area (Å²) in [5, 5.41) is 9.80. The molecule has 4 aromatic rings. The molecule has 0 aliphatic carbocycles. The van der Waals surface area contributed by atoms with E-state index in [-0.39, 0.29) is 30.2 Å². The summed E-state index contributed by atoms with van der Waals surface area (Å²) in [5.74, 6) is 0.496. The van der Waals surface area contributed by atoms with E-state index < -0.39 is 0 Å². The average molecular weight is 564 g/mol. The lowest BCUT2D eigenvalue weighted by atomic mass is 10.1. The second-order valence-corrected chi connectivity index (χ2v) is 10.1. The Kier molecular flexibility index (Phi) is 8.14. The van der Waals surface area contributed by atoms with Crippen molar-refractivity contribution in [2.75, 3.05) is 37.6 Å². The summed E-state index contributed by atoms with van der Waals surface area (Å²) in [6.07, 6.45) is 1.46. The lowest BCUT2D eigenvalue weighted by Crippen LogP contribution is -2.52. The van der Waals surface area contributed by atoms with Crippen molar-refractivity contribution in [3.8, 4) is 11.3 Å². The monoisotopic (exact) mass is 563 g/mol. The number of nitrogens with zero attached hydrogens (tertiary/aromatic N) is 5. The fourth-order valence-electron chi connectivity index (χ4n) is 4.60. The summed E-state index contributed by atoms with van der Waals surface area (Å²) in [7, 11) is 0. The highest BCUT2D eigenvalue weighted by atomic mass is 35.5. The van der Waals surface area contributed by atoms with Crippen molar-refractivity contribution < 1.29 is 14.0 Å². The number of rotatable bonds is 7. The van der Waals surface area contributed by atoms with Gasteiger partial charge in [0.1, 0.15) is 6.54 Å². The number of benzene rings is 2. The van der Waals surface area contributed by atoms with Gasteiger partial charge in [0.05, 0.1) is 23.0 Å². The molecular formula is C29H27Cl2N5O3. The summed E-state index contributed by atoms with van der Waals surface area (Å²) in [5.41, 5.74) is 2.36. The van der Waals surface area contributed by atoms with Gasteiger partial charge >= 0.3 is 0 Å². The predicted molar refractivity (Wildman–Crippen MR) is 151 cm³/mol. The zero-order valence-electron chi connectivity index (χ0n) is 21.3. The Balaban J connectivity index is 1.23. The molecule has 0 saturated carbocycles. The van der Waals surface area contributed by atoms with Gasteiger partial charge in [-0.3, -0.25) is 9.59 Å². The van der Waals surface area contributed by atoms with Crippen molar-refractivity contribution in [1.29, 1.82) is 0 Å². The Morgan fingerprint density at radius 1 is 0.949 bits per heavy atom. The van der Waals surface area contributed by atoms with Gasteiger partial charge in [0.15, 0.2) is 11.6 Å². The van der Waals surface area contributed by atoms with E-state index in [1.807, 2.05) is 55.5 Å². The molecule has 0 N–H and O–H groups in total. The maximum atomic E-state index is 13.4. The van der Waals surface area contributed by atoms with Crippen LogP contribution in [0.5, 0.6) is 0 Å². The Morgan fingerprint density at radius 2 is 1.72 bits per heavy atom. The summed E-state index contributed by atoms with van der Waals surface area (Å²) in [6, 6.07) is 21.7. The van der Waals surface area contributed by atoms with Crippen molar-refractivity contribution in [3.63, 3.8) is 0 Å². The Labute approximate surface area is 236 Å². The molecule has 3 heterocycles. The van der Waals surface area contributed by atoms with Gasteiger partial charge in [0.2, 0.25) is 5.91 Å². The van der Waals surface area contributed by atoms with Crippen LogP contribution in [0.3, 0.4) is 0 Å². The standard InChI is InChI=1S/C29H27Cl2N5O3/c1-20(21-6-3-2-4-7-21)36(29(38)26-8-5-17-39-26)19-28(37)35-15-13-34(14-16-35)27-12-11-25(32-33-27)23-10-9-22(30)18-24(23)31/h2-12,17-18,20H,13-16,19H2,1H3/t20-/m0/s1. The molecule has 1 aliphatic heterocycles. The molecule has 1 aliphatic rings. The van der Waals surface area contributed by atoms with Crippen molar-refractivity contribution in [2.24, 2.45) is 0 Å². The molecule has 0 spiro atoms. The number of furan rings is 1. The summed E-state index contributed by atoms with van der Waals surface area (Å²) in [6.45, 7) is 4.08. The topological polar surface area (TPSA) is 82.8 Å². The SMILES string of the molecule is C[C@@H](c1ccccc1)N(CC(=O)N1CCN(c2ccc(-c3ccc(Cl)cc3Cl)nn2)CC1)C(=O)c1ccco1. The minimum atomic E-state index is -0.320. The molecule has 1 saturated heterocycles. The maximum absolute atomic E-state index is 13.4. The van der Waals surface area contributed by atoms with Gasteiger partial charge in [0, 0.05) is 36.8 Å². The number of hydrogen-bond donors (Lipinski definition) is 0. The second kappa shape index (κ2) is 11.9. The molecule has 1 fully saturated rings. The van der Waals surface area contributed by atoms with Crippen molar-refractivity contribution in [2.45, 2.75) is 13.0 Å². The highest BCUT2D eigenvalue weighted by molar-refractivity contribution is 6.36. The van der Waals surface area contributed by atoms with E-state index in [0.29, 0.717) is 41.9 Å². The number of aromatic nitrogens is 2. The van der Waals surface area contributed by atoms with Crippen LogP contribution in [0.2, 0.25) is 10.0 Å². The molecule has 10 heteroatoms. The van der Waals surface area contributed by atoms with Crippen LogP contribution in [-0.2, 0) is 4.79 Å². The van der Waals surface area contributed by atoms with Gasteiger partial charge in [0.25, 0.3) is 5.91 Å². The summed E-state index contributed by atoms with van der Waals surface area (Å²) >= 11 is 12.3. The number of carbonyl (C=O) groups is 2. The van der Waals surface area contributed by atoms with Crippen molar-refractivity contribution in [3.05, 3.63) is 100 Å². The molecule has 5 rings (SSSR count). The molecule has 8 nitrogen and oxygen atoms in total. The van der Waals surface area contributed by atoms with E-state index >= 15 is 0 Å². The van der Waals surface area contributed by atoms with Gasteiger partial charge in [-0.1, -0.05) is 53.5 Å². The van der Waals surface area contributed by atoms with Gasteiger partial charge in [-0.2, -0.15) is 0 Å². The fraction of sp³-hybridized carbons (Fsp3) is 0.241. The maximum Gasteiger partial charge on any atom is 0.290 e. The van der Waals surface area contributed by atoms with Crippen LogP contribution in [0, 0.1) is 0 Å². The number of amides is 2. The lowest BCUT2D eigenvalue weighted by molar-refractivity contribution is -0.132. The first-order valence-corrected chi connectivity index (χ1v) is 13.4. The molecule has 0 bridgehead atoms. The third-order valence-corrected chi connectivity index (χ3v) is 7.41. The Hall–Kier alpha value is -3.88. The number of piperazine rings is 1. The first-order valence-electron chi connectivity index (χ1n) is 12.6. The zero-order valence-corrected chi connectivity index (χ0v) is 22.8. The van der Waals surface area contributed by atoms with Crippen LogP contribution in [0.1, 0.15) is 29.1 Å². The molecule has 2 aromatic carbocycles. The average Bonchev–Trinajstić information content (AvgIpc) is 3.51. The van der Waals surface area contributed by atoms with Crippen LogP contribution < -0.4 is 4.90 Å². The molecule has 0 unspecified atom stereocenters. The van der Waals surface area contributed by atoms with E-state index in [0.717, 1.165) is 16.9 Å². The second-order valence-electron chi connectivity index (χ2n) is 9.27. The zero-order chi connectivity index (χ0) is 27.4. The highest BCUT2D eigenvalue weighted by Gasteiger charge is 2.30. The van der Waals surface area contributed by atoms with E-state index in [9.17, 15) is 9.59 Å². The first kappa shape index (κ1) is 26.7. The first-order chi connectivity index (χ1) is 18.9. The normalized spacial score (nSPS) is 14.2.